The molecule has 5 nitrogen and oxygen atoms in total. The van der Waals surface area contributed by atoms with Crippen molar-refractivity contribution in [2.75, 3.05) is 26.7 Å². The van der Waals surface area contributed by atoms with Crippen LogP contribution in [0.25, 0.3) is 0 Å². The van der Waals surface area contributed by atoms with Gasteiger partial charge in [0.2, 0.25) is 5.91 Å². The largest absolute Gasteiger partial charge is 0.345 e. The second-order valence-corrected chi connectivity index (χ2v) is 5.82. The predicted molar refractivity (Wildman–Crippen MR) is 75.9 cm³/mol. The number of aromatic nitrogens is 1. The average Bonchev–Trinajstić information content (AvgIpc) is 2.97. The van der Waals surface area contributed by atoms with Crippen molar-refractivity contribution < 1.29 is 9.59 Å². The van der Waals surface area contributed by atoms with Gasteiger partial charge in [-0.05, 0) is 34.8 Å². The lowest BCUT2D eigenvalue weighted by molar-refractivity contribution is -0.130. The molecule has 1 aliphatic heterocycles. The van der Waals surface area contributed by atoms with E-state index >= 15 is 0 Å². The van der Waals surface area contributed by atoms with Crippen LogP contribution >= 0.6 is 15.9 Å². The number of likely N-dealkylation sites (N-methyl/N-ethyl adjacent to an activating group) is 1. The van der Waals surface area contributed by atoms with Crippen LogP contribution in [0.15, 0.2) is 16.7 Å². The fourth-order valence-corrected chi connectivity index (χ4v) is 2.80. The number of amides is 2. The van der Waals surface area contributed by atoms with Crippen molar-refractivity contribution in [2.24, 2.45) is 7.05 Å². The van der Waals surface area contributed by atoms with Gasteiger partial charge in [-0.3, -0.25) is 9.59 Å². The molecule has 0 radical (unpaired) electrons. The van der Waals surface area contributed by atoms with E-state index in [9.17, 15) is 9.59 Å². The number of likely N-dealkylation sites (tertiary alicyclic amines) is 1. The molecule has 0 spiro atoms. The van der Waals surface area contributed by atoms with Crippen LogP contribution in [0.3, 0.4) is 0 Å². The smallest absolute Gasteiger partial charge is 0.270 e. The minimum Gasteiger partial charge on any atom is -0.345 e. The third-order valence-electron chi connectivity index (χ3n) is 3.37. The van der Waals surface area contributed by atoms with Gasteiger partial charge in [0.25, 0.3) is 5.91 Å². The van der Waals surface area contributed by atoms with E-state index in [1.165, 1.54) is 4.90 Å². The summed E-state index contributed by atoms with van der Waals surface area (Å²) in [6, 6.07) is 1.76. The van der Waals surface area contributed by atoms with Gasteiger partial charge >= 0.3 is 0 Å². The van der Waals surface area contributed by atoms with Crippen molar-refractivity contribution >= 4 is 27.7 Å². The predicted octanol–water partition coefficient (Wildman–Crippen LogP) is 1.48. The van der Waals surface area contributed by atoms with E-state index in [0.29, 0.717) is 5.69 Å². The number of carbonyl (C=O) groups is 2. The molecule has 6 heteroatoms. The fourth-order valence-electron chi connectivity index (χ4n) is 2.27. The van der Waals surface area contributed by atoms with Crippen molar-refractivity contribution in [1.82, 2.24) is 14.4 Å². The van der Waals surface area contributed by atoms with Crippen molar-refractivity contribution in [3.05, 3.63) is 22.4 Å². The molecule has 0 N–H and O–H groups in total. The first-order valence-corrected chi connectivity index (χ1v) is 7.13. The highest BCUT2D eigenvalue weighted by atomic mass is 79.9. The normalized spacial score (nSPS) is 14.8. The number of hydrogen-bond donors (Lipinski definition) is 0. The third-order valence-corrected chi connectivity index (χ3v) is 3.80. The van der Waals surface area contributed by atoms with Crippen LogP contribution in [0.1, 0.15) is 23.3 Å². The van der Waals surface area contributed by atoms with Gasteiger partial charge in [0.1, 0.15) is 5.69 Å². The second-order valence-electron chi connectivity index (χ2n) is 4.90. The zero-order valence-corrected chi connectivity index (χ0v) is 12.8. The molecule has 0 atom stereocenters. The lowest BCUT2D eigenvalue weighted by Gasteiger charge is -2.21. The SMILES string of the molecule is CN(CC(=O)N1CCCC1)C(=O)c1cc(Br)cn1C. The highest BCUT2D eigenvalue weighted by Crippen LogP contribution is 2.15. The Hall–Kier alpha value is -1.30. The minimum atomic E-state index is -0.138. The number of halogens is 1. The van der Waals surface area contributed by atoms with Crippen LogP contribution < -0.4 is 0 Å². The first kappa shape index (κ1) is 14.1. The molecule has 1 fully saturated rings. The summed E-state index contributed by atoms with van der Waals surface area (Å²) in [4.78, 5) is 27.5. The molecule has 1 aromatic rings. The van der Waals surface area contributed by atoms with Gasteiger partial charge < -0.3 is 14.4 Å². The molecular formula is C13H18BrN3O2. The summed E-state index contributed by atoms with van der Waals surface area (Å²) in [5, 5.41) is 0. The topological polar surface area (TPSA) is 45.6 Å². The number of rotatable bonds is 3. The molecule has 0 bridgehead atoms. The molecule has 2 heterocycles. The van der Waals surface area contributed by atoms with Gasteiger partial charge in [-0.15, -0.1) is 0 Å². The Morgan fingerprint density at radius 1 is 1.37 bits per heavy atom. The third kappa shape index (κ3) is 3.18. The Labute approximate surface area is 121 Å². The summed E-state index contributed by atoms with van der Waals surface area (Å²) in [6.45, 7) is 1.77. The highest BCUT2D eigenvalue weighted by Gasteiger charge is 2.22. The maximum absolute atomic E-state index is 12.2. The molecule has 104 valence electrons. The van der Waals surface area contributed by atoms with E-state index in [-0.39, 0.29) is 18.4 Å². The summed E-state index contributed by atoms with van der Waals surface area (Å²) in [6.07, 6.45) is 3.95. The van der Waals surface area contributed by atoms with Crippen LogP contribution in [-0.2, 0) is 11.8 Å². The molecule has 1 aliphatic rings. The van der Waals surface area contributed by atoms with Crippen LogP contribution in [-0.4, -0.2) is 52.9 Å². The first-order valence-electron chi connectivity index (χ1n) is 6.34. The molecule has 0 aromatic carbocycles. The van der Waals surface area contributed by atoms with E-state index in [0.717, 1.165) is 30.4 Å². The molecule has 19 heavy (non-hydrogen) atoms. The van der Waals surface area contributed by atoms with E-state index < -0.39 is 0 Å². The van der Waals surface area contributed by atoms with E-state index in [4.69, 9.17) is 0 Å². The van der Waals surface area contributed by atoms with E-state index in [2.05, 4.69) is 15.9 Å². The highest BCUT2D eigenvalue weighted by molar-refractivity contribution is 9.10. The van der Waals surface area contributed by atoms with Crippen LogP contribution in [0.4, 0.5) is 0 Å². The average molecular weight is 328 g/mol. The summed E-state index contributed by atoms with van der Waals surface area (Å²) in [5.41, 5.74) is 0.573. The Bertz CT molecular complexity index is 492. The first-order chi connectivity index (χ1) is 8.99. The lowest BCUT2D eigenvalue weighted by atomic mass is 10.3. The van der Waals surface area contributed by atoms with Gasteiger partial charge in [-0.1, -0.05) is 0 Å². The molecule has 0 aliphatic carbocycles. The van der Waals surface area contributed by atoms with Gasteiger partial charge in [0.05, 0.1) is 6.54 Å². The Morgan fingerprint density at radius 2 is 2.00 bits per heavy atom. The number of aryl methyl sites for hydroxylation is 1. The van der Waals surface area contributed by atoms with Crippen molar-refractivity contribution in [3.63, 3.8) is 0 Å². The monoisotopic (exact) mass is 327 g/mol. The zero-order valence-electron chi connectivity index (χ0n) is 11.2. The maximum Gasteiger partial charge on any atom is 0.270 e. The molecule has 2 amide bonds. The van der Waals surface area contributed by atoms with Gasteiger partial charge in [-0.2, -0.15) is 0 Å². The zero-order chi connectivity index (χ0) is 14.0. The Balaban J connectivity index is 1.99. The number of hydrogen-bond acceptors (Lipinski definition) is 2. The van der Waals surface area contributed by atoms with E-state index in [1.54, 1.807) is 17.7 Å². The quantitative estimate of drug-likeness (QED) is 0.844. The molecule has 2 rings (SSSR count). The number of nitrogens with zero attached hydrogens (tertiary/aromatic N) is 3. The summed E-state index contributed by atoms with van der Waals surface area (Å²) >= 11 is 3.34. The van der Waals surface area contributed by atoms with Crippen molar-refractivity contribution in [3.8, 4) is 0 Å². The van der Waals surface area contributed by atoms with Crippen molar-refractivity contribution in [2.45, 2.75) is 12.8 Å². The number of carbonyl (C=O) groups excluding carboxylic acids is 2. The lowest BCUT2D eigenvalue weighted by Crippen LogP contribution is -2.40. The van der Waals surface area contributed by atoms with Gasteiger partial charge in [0.15, 0.2) is 0 Å². The molecule has 1 saturated heterocycles. The van der Waals surface area contributed by atoms with Crippen LogP contribution in [0.2, 0.25) is 0 Å². The fraction of sp³-hybridized carbons (Fsp3) is 0.538. The second kappa shape index (κ2) is 5.77. The summed E-state index contributed by atoms with van der Waals surface area (Å²) in [5.74, 6) is -0.109. The molecule has 1 aromatic heterocycles. The summed E-state index contributed by atoms with van der Waals surface area (Å²) in [7, 11) is 3.48. The van der Waals surface area contributed by atoms with Crippen molar-refractivity contribution in [1.29, 1.82) is 0 Å². The Morgan fingerprint density at radius 3 is 2.53 bits per heavy atom. The minimum absolute atomic E-state index is 0.0293. The molecule has 0 saturated carbocycles. The van der Waals surface area contributed by atoms with E-state index in [1.807, 2.05) is 18.1 Å². The van der Waals surface area contributed by atoms with Gasteiger partial charge in [-0.25, -0.2) is 0 Å². The maximum atomic E-state index is 12.2. The van der Waals surface area contributed by atoms with Crippen LogP contribution in [0.5, 0.6) is 0 Å². The standard InChI is InChI=1S/C13H18BrN3O2/c1-15-8-10(14)7-11(15)13(19)16(2)9-12(18)17-5-3-4-6-17/h7-8H,3-6,9H2,1-2H3. The molecule has 0 unspecified atom stereocenters. The van der Waals surface area contributed by atoms with Gasteiger partial charge in [0, 0.05) is 37.9 Å². The summed E-state index contributed by atoms with van der Waals surface area (Å²) < 4.78 is 2.61. The Kier molecular flexibility index (Phi) is 4.29. The van der Waals surface area contributed by atoms with Crippen LogP contribution in [0, 0.1) is 0 Å². The molecular weight excluding hydrogens is 310 g/mol.